The molecule has 0 bridgehead atoms. The lowest BCUT2D eigenvalue weighted by atomic mass is 9.48. The van der Waals surface area contributed by atoms with Gasteiger partial charge in [0.25, 0.3) is 0 Å². The van der Waals surface area contributed by atoms with E-state index in [9.17, 15) is 5.11 Å². The van der Waals surface area contributed by atoms with Crippen LogP contribution in [0.5, 0.6) is 0 Å². The average molecular weight is 480 g/mol. The molecule has 1 heterocycles. The maximum absolute atomic E-state index is 11.1. The molecule has 5 nitrogen and oxygen atoms in total. The van der Waals surface area contributed by atoms with Crippen molar-refractivity contribution in [3.05, 3.63) is 24.0 Å². The summed E-state index contributed by atoms with van der Waals surface area (Å²) in [5, 5.41) is 24.0. The summed E-state index contributed by atoms with van der Waals surface area (Å²) in [5.41, 5.74) is 1.33. The van der Waals surface area contributed by atoms with E-state index in [1.165, 1.54) is 44.9 Å². The van der Waals surface area contributed by atoms with Crippen molar-refractivity contribution in [1.82, 2.24) is 4.98 Å². The molecule has 0 unspecified atom stereocenters. The lowest BCUT2D eigenvalue weighted by molar-refractivity contribution is -0.128. The summed E-state index contributed by atoms with van der Waals surface area (Å²) >= 11 is 0. The van der Waals surface area contributed by atoms with Crippen LogP contribution in [0.1, 0.15) is 90.7 Å². The largest absolute Gasteiger partial charge is 0.387 e. The first-order chi connectivity index (χ1) is 16.9. The number of nitriles is 1. The number of aliphatic hydroxyl groups is 1. The van der Waals surface area contributed by atoms with Gasteiger partial charge in [0.15, 0.2) is 0 Å². The molecule has 4 aliphatic rings. The second-order valence-electron chi connectivity index (χ2n) is 12.5. The minimum Gasteiger partial charge on any atom is -0.387 e. The van der Waals surface area contributed by atoms with E-state index in [1.54, 1.807) is 0 Å². The predicted octanol–water partition coefficient (Wildman–Crippen LogP) is 6.18. The van der Waals surface area contributed by atoms with Crippen LogP contribution in [0.15, 0.2) is 18.3 Å². The van der Waals surface area contributed by atoms with Crippen LogP contribution < -0.4 is 5.32 Å². The smallest absolute Gasteiger partial charge is 0.140 e. The van der Waals surface area contributed by atoms with Crippen molar-refractivity contribution in [1.29, 1.82) is 5.26 Å². The number of ether oxygens (including phenoxy) is 1. The number of aromatic nitrogens is 1. The molecule has 0 amide bonds. The normalized spacial score (nSPS) is 41.2. The van der Waals surface area contributed by atoms with Gasteiger partial charge in [0, 0.05) is 12.6 Å². The molecule has 0 radical (unpaired) electrons. The lowest BCUT2D eigenvalue weighted by Gasteiger charge is -2.57. The molecule has 4 fully saturated rings. The first kappa shape index (κ1) is 25.0. The van der Waals surface area contributed by atoms with Gasteiger partial charge in [-0.1, -0.05) is 13.8 Å². The Bertz CT molecular complexity index is 913. The Morgan fingerprint density at radius 1 is 1.11 bits per heavy atom. The van der Waals surface area contributed by atoms with E-state index >= 15 is 0 Å². The average Bonchev–Trinajstić information content (AvgIpc) is 3.23. The van der Waals surface area contributed by atoms with Crippen molar-refractivity contribution in [2.75, 3.05) is 18.5 Å². The van der Waals surface area contributed by atoms with E-state index < -0.39 is 5.60 Å². The zero-order valence-electron chi connectivity index (χ0n) is 22.0. The first-order valence-electron chi connectivity index (χ1n) is 14.3. The molecule has 4 aliphatic carbocycles. The van der Waals surface area contributed by atoms with Gasteiger partial charge in [-0.3, -0.25) is 0 Å². The Morgan fingerprint density at radius 3 is 2.66 bits per heavy atom. The minimum atomic E-state index is -0.591. The zero-order valence-corrected chi connectivity index (χ0v) is 22.0. The highest BCUT2D eigenvalue weighted by Gasteiger charge is 2.58. The predicted molar refractivity (Wildman–Crippen MR) is 139 cm³/mol. The maximum atomic E-state index is 11.1. The van der Waals surface area contributed by atoms with Crippen molar-refractivity contribution in [3.63, 3.8) is 0 Å². The van der Waals surface area contributed by atoms with E-state index in [1.807, 2.05) is 25.3 Å². The Morgan fingerprint density at radius 2 is 1.94 bits per heavy atom. The standard InChI is InChI=1S/C30H45N3O2/c1-4-28(33-22-8-7-21(17-31)32-18-22)27-11-10-26-25-9-6-20-16-30(34,19-35-5-2)15-13-23(20)24(25)12-14-29(26,27)3/h7-8,18,20,23-28,33-34H,4-6,9-16,19H2,1-3H3/t20-,23+,24-,25-,26+,27-,28-,29+,30-/m1/s1. The van der Waals surface area contributed by atoms with Gasteiger partial charge < -0.3 is 15.2 Å². The van der Waals surface area contributed by atoms with Gasteiger partial charge in [-0.05, 0) is 124 Å². The molecule has 9 atom stereocenters. The molecule has 0 aliphatic heterocycles. The van der Waals surface area contributed by atoms with Crippen LogP contribution in [0.2, 0.25) is 0 Å². The third kappa shape index (κ3) is 4.62. The number of nitrogens with zero attached hydrogens (tertiary/aromatic N) is 2. The third-order valence-electron chi connectivity index (χ3n) is 10.9. The van der Waals surface area contributed by atoms with E-state index in [4.69, 9.17) is 10.00 Å². The van der Waals surface area contributed by atoms with Crippen LogP contribution in [0.25, 0.3) is 0 Å². The third-order valence-corrected chi connectivity index (χ3v) is 10.9. The van der Waals surface area contributed by atoms with Gasteiger partial charge in [0.05, 0.1) is 24.1 Å². The maximum Gasteiger partial charge on any atom is 0.140 e. The highest BCUT2D eigenvalue weighted by molar-refractivity contribution is 5.44. The van der Waals surface area contributed by atoms with Crippen molar-refractivity contribution < 1.29 is 9.84 Å². The number of anilines is 1. The minimum absolute atomic E-state index is 0.409. The van der Waals surface area contributed by atoms with Crippen molar-refractivity contribution in [3.8, 4) is 6.07 Å². The topological polar surface area (TPSA) is 78.2 Å². The molecule has 0 saturated heterocycles. The van der Waals surface area contributed by atoms with Crippen LogP contribution in [0.3, 0.4) is 0 Å². The van der Waals surface area contributed by atoms with Crippen molar-refractivity contribution >= 4 is 5.69 Å². The number of rotatable bonds is 7. The summed E-state index contributed by atoms with van der Waals surface area (Å²) in [7, 11) is 0. The van der Waals surface area contributed by atoms with Crippen LogP contribution in [0.4, 0.5) is 5.69 Å². The summed E-state index contributed by atoms with van der Waals surface area (Å²) in [6.45, 7) is 8.16. The summed E-state index contributed by atoms with van der Waals surface area (Å²) in [5.74, 6) is 4.75. The zero-order chi connectivity index (χ0) is 24.6. The SMILES string of the molecule is CCOC[C@@]1(O)CC[C@H]2[C@H](CC[C@@H]3[C@@H]2CC[C@]2(C)[C@@H]([C@@H](CC)Nc4ccc(C#N)nc4)CC[C@@H]32)C1. The van der Waals surface area contributed by atoms with Gasteiger partial charge in [-0.2, -0.15) is 5.26 Å². The van der Waals surface area contributed by atoms with Crippen LogP contribution in [-0.2, 0) is 4.74 Å². The molecule has 1 aromatic heterocycles. The second-order valence-corrected chi connectivity index (χ2v) is 12.5. The molecule has 2 N–H and O–H groups in total. The Kier molecular flexibility index (Phi) is 7.16. The number of pyridine rings is 1. The van der Waals surface area contributed by atoms with E-state index in [-0.39, 0.29) is 0 Å². The van der Waals surface area contributed by atoms with E-state index in [0.717, 1.165) is 48.6 Å². The van der Waals surface area contributed by atoms with E-state index in [0.29, 0.717) is 42.2 Å². The molecule has 0 spiro atoms. The number of hydrogen-bond acceptors (Lipinski definition) is 5. The lowest BCUT2D eigenvalue weighted by Crippen LogP contribution is -2.52. The Labute approximate surface area is 212 Å². The van der Waals surface area contributed by atoms with Crippen LogP contribution in [0, 0.1) is 52.3 Å². The van der Waals surface area contributed by atoms with Crippen LogP contribution >= 0.6 is 0 Å². The molecular formula is C30H45N3O2. The fourth-order valence-corrected chi connectivity index (χ4v) is 9.33. The van der Waals surface area contributed by atoms with Crippen molar-refractivity contribution in [2.45, 2.75) is 96.6 Å². The van der Waals surface area contributed by atoms with Gasteiger partial charge >= 0.3 is 0 Å². The van der Waals surface area contributed by atoms with Crippen LogP contribution in [-0.4, -0.2) is 34.9 Å². The summed E-state index contributed by atoms with van der Waals surface area (Å²) in [6.07, 6.45) is 14.1. The number of fused-ring (bicyclic) bond motifs is 5. The summed E-state index contributed by atoms with van der Waals surface area (Å²) < 4.78 is 5.66. The Hall–Kier alpha value is -1.64. The van der Waals surface area contributed by atoms with Crippen molar-refractivity contribution in [2.24, 2.45) is 40.9 Å². The monoisotopic (exact) mass is 479 g/mol. The highest BCUT2D eigenvalue weighted by atomic mass is 16.5. The number of hydrogen-bond donors (Lipinski definition) is 2. The van der Waals surface area contributed by atoms with Gasteiger partial charge in [0.1, 0.15) is 11.8 Å². The fraction of sp³-hybridized carbons (Fsp3) is 0.800. The molecule has 5 rings (SSSR count). The highest BCUT2D eigenvalue weighted by Crippen LogP contribution is 2.65. The van der Waals surface area contributed by atoms with E-state index in [2.05, 4.69) is 30.2 Å². The Balaban J connectivity index is 1.27. The van der Waals surface area contributed by atoms with Gasteiger partial charge in [0.2, 0.25) is 0 Å². The molecular weight excluding hydrogens is 434 g/mol. The quantitative estimate of drug-likeness (QED) is 0.488. The molecule has 1 aromatic rings. The first-order valence-corrected chi connectivity index (χ1v) is 14.3. The van der Waals surface area contributed by atoms with Gasteiger partial charge in [-0.15, -0.1) is 0 Å². The van der Waals surface area contributed by atoms with Gasteiger partial charge in [-0.25, -0.2) is 4.98 Å². The molecule has 0 aromatic carbocycles. The second kappa shape index (κ2) is 10.0. The summed E-state index contributed by atoms with van der Waals surface area (Å²) in [4.78, 5) is 4.28. The molecule has 5 heteroatoms. The summed E-state index contributed by atoms with van der Waals surface area (Å²) in [6, 6.07) is 6.40. The molecule has 192 valence electrons. The number of nitrogens with one attached hydrogen (secondary N) is 1. The fourth-order valence-electron chi connectivity index (χ4n) is 9.33. The molecule has 4 saturated carbocycles. The molecule has 35 heavy (non-hydrogen) atoms.